The maximum Gasteiger partial charge on any atom is 0.224 e. The summed E-state index contributed by atoms with van der Waals surface area (Å²) >= 11 is 0. The van der Waals surface area contributed by atoms with Crippen LogP contribution in [0.5, 0.6) is 0 Å². The van der Waals surface area contributed by atoms with Crippen LogP contribution in [0.2, 0.25) is 0 Å². The van der Waals surface area contributed by atoms with Gasteiger partial charge in [-0.15, -0.1) is 0 Å². The highest BCUT2D eigenvalue weighted by atomic mass is 16.2. The van der Waals surface area contributed by atoms with Gasteiger partial charge in [-0.25, -0.2) is 0 Å². The number of nitrogens with zero attached hydrogens (tertiary/aromatic N) is 2. The maximum absolute atomic E-state index is 12.7. The molecule has 0 radical (unpaired) electrons. The van der Waals surface area contributed by atoms with E-state index >= 15 is 0 Å². The zero-order valence-corrected chi connectivity index (χ0v) is 14.7. The number of aryl methyl sites for hydroxylation is 2. The number of carbonyl (C=O) groups is 1. The van der Waals surface area contributed by atoms with Gasteiger partial charge in [0.2, 0.25) is 5.91 Å². The lowest BCUT2D eigenvalue weighted by Crippen LogP contribution is -2.44. The SMILES string of the molecule is Cc1cc2c(C)ccnc2c(C(C)(C)NC(=O)C2[C@H]3CNC[C@@H]23)n1. The number of carbonyl (C=O) groups excluding carboxylic acids is 1. The normalized spacial score (nSPS) is 25.6. The Morgan fingerprint density at radius 1 is 1.29 bits per heavy atom. The molecule has 0 aromatic carbocycles. The first-order valence-electron chi connectivity index (χ1n) is 8.64. The Balaban J connectivity index is 1.68. The summed E-state index contributed by atoms with van der Waals surface area (Å²) in [4.78, 5) is 22.0. The lowest BCUT2D eigenvalue weighted by molar-refractivity contribution is -0.124. The van der Waals surface area contributed by atoms with Crippen LogP contribution in [0.25, 0.3) is 10.9 Å². The van der Waals surface area contributed by atoms with Crippen LogP contribution in [0.3, 0.4) is 0 Å². The number of rotatable bonds is 3. The molecule has 0 spiro atoms. The number of amides is 1. The van der Waals surface area contributed by atoms with E-state index in [-0.39, 0.29) is 11.8 Å². The molecule has 3 heterocycles. The number of piperidine rings is 1. The summed E-state index contributed by atoms with van der Waals surface area (Å²) in [6, 6.07) is 4.07. The first-order chi connectivity index (χ1) is 11.4. The summed E-state index contributed by atoms with van der Waals surface area (Å²) in [5.74, 6) is 1.35. The van der Waals surface area contributed by atoms with Gasteiger partial charge >= 0.3 is 0 Å². The van der Waals surface area contributed by atoms with Gasteiger partial charge in [-0.2, -0.15) is 0 Å². The Morgan fingerprint density at radius 2 is 2.00 bits per heavy atom. The highest BCUT2D eigenvalue weighted by Gasteiger charge is 2.57. The van der Waals surface area contributed by atoms with Crippen molar-refractivity contribution in [2.24, 2.45) is 17.8 Å². The van der Waals surface area contributed by atoms with E-state index in [0.717, 1.165) is 35.4 Å². The largest absolute Gasteiger partial charge is 0.345 e. The van der Waals surface area contributed by atoms with Gasteiger partial charge in [0.1, 0.15) is 0 Å². The molecule has 2 aromatic rings. The molecule has 1 aliphatic carbocycles. The molecule has 2 N–H and O–H groups in total. The predicted octanol–water partition coefficient (Wildman–Crippen LogP) is 2.06. The van der Waals surface area contributed by atoms with Gasteiger partial charge in [-0.05, 0) is 70.3 Å². The average Bonchev–Trinajstić information content (AvgIpc) is 3.01. The summed E-state index contributed by atoms with van der Waals surface area (Å²) < 4.78 is 0. The van der Waals surface area contributed by atoms with E-state index < -0.39 is 5.54 Å². The lowest BCUT2D eigenvalue weighted by atomic mass is 9.95. The molecule has 1 aliphatic heterocycles. The zero-order chi connectivity index (χ0) is 17.1. The monoisotopic (exact) mass is 324 g/mol. The molecule has 126 valence electrons. The van der Waals surface area contributed by atoms with Crippen molar-refractivity contribution >= 4 is 16.8 Å². The van der Waals surface area contributed by atoms with Crippen LogP contribution in [0.4, 0.5) is 0 Å². The highest BCUT2D eigenvalue weighted by Crippen LogP contribution is 2.49. The number of pyridine rings is 2. The molecule has 5 heteroatoms. The van der Waals surface area contributed by atoms with Gasteiger partial charge in [0.25, 0.3) is 0 Å². The summed E-state index contributed by atoms with van der Waals surface area (Å²) in [6.45, 7) is 10.0. The minimum Gasteiger partial charge on any atom is -0.345 e. The second-order valence-corrected chi connectivity index (χ2v) is 7.76. The van der Waals surface area contributed by atoms with Crippen molar-refractivity contribution in [2.75, 3.05) is 13.1 Å². The fourth-order valence-electron chi connectivity index (χ4n) is 4.10. The molecular weight excluding hydrogens is 300 g/mol. The van der Waals surface area contributed by atoms with E-state index in [4.69, 9.17) is 4.98 Å². The van der Waals surface area contributed by atoms with Crippen molar-refractivity contribution in [3.8, 4) is 0 Å². The summed E-state index contributed by atoms with van der Waals surface area (Å²) in [5, 5.41) is 7.68. The molecule has 1 saturated carbocycles. The smallest absolute Gasteiger partial charge is 0.224 e. The number of aromatic nitrogens is 2. The molecule has 2 aromatic heterocycles. The molecule has 0 bridgehead atoms. The van der Waals surface area contributed by atoms with Crippen LogP contribution in [0.15, 0.2) is 18.3 Å². The topological polar surface area (TPSA) is 66.9 Å². The summed E-state index contributed by atoms with van der Waals surface area (Å²) in [5.41, 5.74) is 3.30. The van der Waals surface area contributed by atoms with Gasteiger partial charge in [0.15, 0.2) is 0 Å². The van der Waals surface area contributed by atoms with E-state index in [9.17, 15) is 4.79 Å². The van der Waals surface area contributed by atoms with Crippen molar-refractivity contribution in [2.45, 2.75) is 33.2 Å². The van der Waals surface area contributed by atoms with E-state index in [2.05, 4.69) is 28.6 Å². The Morgan fingerprint density at radius 3 is 2.71 bits per heavy atom. The van der Waals surface area contributed by atoms with Crippen molar-refractivity contribution in [1.82, 2.24) is 20.6 Å². The third-order valence-electron chi connectivity index (χ3n) is 5.50. The third kappa shape index (κ3) is 2.38. The molecule has 2 fully saturated rings. The van der Waals surface area contributed by atoms with Gasteiger partial charge in [0, 0.05) is 23.2 Å². The number of fused-ring (bicyclic) bond motifs is 2. The third-order valence-corrected chi connectivity index (χ3v) is 5.50. The van der Waals surface area contributed by atoms with Crippen LogP contribution in [-0.4, -0.2) is 29.0 Å². The Hall–Kier alpha value is -2.01. The quantitative estimate of drug-likeness (QED) is 0.907. The molecule has 4 rings (SSSR count). The van der Waals surface area contributed by atoms with E-state index in [0.29, 0.717) is 11.8 Å². The Kier molecular flexibility index (Phi) is 3.39. The van der Waals surface area contributed by atoms with Crippen LogP contribution < -0.4 is 10.6 Å². The number of nitrogens with one attached hydrogen (secondary N) is 2. The molecule has 1 saturated heterocycles. The van der Waals surface area contributed by atoms with Crippen molar-refractivity contribution in [3.63, 3.8) is 0 Å². The van der Waals surface area contributed by atoms with Crippen molar-refractivity contribution < 1.29 is 4.79 Å². The maximum atomic E-state index is 12.7. The fraction of sp³-hybridized carbons (Fsp3) is 0.526. The zero-order valence-electron chi connectivity index (χ0n) is 14.7. The molecule has 3 atom stereocenters. The summed E-state index contributed by atoms with van der Waals surface area (Å²) in [6.07, 6.45) is 1.81. The minimum atomic E-state index is -0.549. The minimum absolute atomic E-state index is 0.153. The average molecular weight is 324 g/mol. The second kappa shape index (κ2) is 5.24. The molecule has 24 heavy (non-hydrogen) atoms. The molecule has 1 amide bonds. The number of hydrogen-bond donors (Lipinski definition) is 2. The van der Waals surface area contributed by atoms with E-state index in [1.165, 1.54) is 5.56 Å². The summed E-state index contributed by atoms with van der Waals surface area (Å²) in [7, 11) is 0. The molecule has 2 aliphatic rings. The van der Waals surface area contributed by atoms with Gasteiger partial charge in [-0.3, -0.25) is 14.8 Å². The van der Waals surface area contributed by atoms with Gasteiger partial charge in [-0.1, -0.05) is 0 Å². The fourth-order valence-corrected chi connectivity index (χ4v) is 4.10. The standard InChI is InChI=1S/C19H24N4O/c1-10-5-6-21-16-12(10)7-11(2)22-17(16)19(3,4)23-18(24)15-13-8-20-9-14(13)15/h5-7,13-15,20H,8-9H2,1-4H3,(H,23,24)/t13-,14+,15?. The Bertz CT molecular complexity index is 819. The van der Waals surface area contributed by atoms with Gasteiger partial charge < -0.3 is 10.6 Å². The van der Waals surface area contributed by atoms with Crippen LogP contribution in [0, 0.1) is 31.6 Å². The van der Waals surface area contributed by atoms with Crippen LogP contribution in [-0.2, 0) is 10.3 Å². The van der Waals surface area contributed by atoms with Crippen molar-refractivity contribution in [3.05, 3.63) is 35.3 Å². The molecular formula is C19H24N4O. The molecule has 1 unspecified atom stereocenters. The second-order valence-electron chi connectivity index (χ2n) is 7.76. The lowest BCUT2D eigenvalue weighted by Gasteiger charge is -2.27. The molecule has 5 nitrogen and oxygen atoms in total. The first kappa shape index (κ1) is 15.5. The van der Waals surface area contributed by atoms with Crippen LogP contribution >= 0.6 is 0 Å². The van der Waals surface area contributed by atoms with Gasteiger partial charge in [0.05, 0.1) is 16.7 Å². The van der Waals surface area contributed by atoms with Crippen LogP contribution in [0.1, 0.15) is 30.8 Å². The number of hydrogen-bond acceptors (Lipinski definition) is 4. The first-order valence-corrected chi connectivity index (χ1v) is 8.64. The van der Waals surface area contributed by atoms with Crippen molar-refractivity contribution in [1.29, 1.82) is 0 Å². The van der Waals surface area contributed by atoms with E-state index in [1.54, 1.807) is 0 Å². The predicted molar refractivity (Wildman–Crippen MR) is 93.5 cm³/mol. The highest BCUT2D eigenvalue weighted by molar-refractivity contribution is 5.87. The Labute approximate surface area is 142 Å². The van der Waals surface area contributed by atoms with E-state index in [1.807, 2.05) is 33.0 Å².